The fraction of sp³-hybridized carbons (Fsp3) is 0.167. The lowest BCUT2D eigenvalue weighted by atomic mass is 10.1. The number of carbonyl (C=O) groups is 1. The molecule has 0 aliphatic heterocycles. The lowest BCUT2D eigenvalue weighted by molar-refractivity contribution is -0.137. The largest absolute Gasteiger partial charge is 0.452 e. The molecule has 0 fully saturated rings. The van der Waals surface area contributed by atoms with Gasteiger partial charge in [0.15, 0.2) is 6.61 Å². The molecule has 0 amide bonds. The molecule has 0 bridgehead atoms. The van der Waals surface area contributed by atoms with E-state index in [0.29, 0.717) is 5.82 Å². The van der Waals surface area contributed by atoms with E-state index in [0.717, 1.165) is 35.4 Å². The van der Waals surface area contributed by atoms with Crippen LogP contribution in [0.2, 0.25) is 0 Å². The van der Waals surface area contributed by atoms with E-state index in [4.69, 9.17) is 9.26 Å². The Labute approximate surface area is 146 Å². The molecule has 0 saturated carbocycles. The van der Waals surface area contributed by atoms with Crippen molar-refractivity contribution in [1.82, 2.24) is 10.1 Å². The third-order valence-electron chi connectivity index (χ3n) is 3.63. The predicted octanol–water partition coefficient (Wildman–Crippen LogP) is 4.42. The third-order valence-corrected chi connectivity index (χ3v) is 3.63. The zero-order valence-corrected chi connectivity index (χ0v) is 13.6. The van der Waals surface area contributed by atoms with Crippen LogP contribution in [0, 0.1) is 6.92 Å². The van der Waals surface area contributed by atoms with Gasteiger partial charge in [0.2, 0.25) is 5.82 Å². The highest BCUT2D eigenvalue weighted by atomic mass is 19.4. The summed E-state index contributed by atoms with van der Waals surface area (Å²) in [5, 5.41) is 3.83. The summed E-state index contributed by atoms with van der Waals surface area (Å²) in [5.41, 5.74) is 0.906. The zero-order valence-electron chi connectivity index (χ0n) is 13.6. The molecule has 1 aromatic heterocycles. The molecular weight excluding hydrogens is 349 g/mol. The van der Waals surface area contributed by atoms with Crippen LogP contribution in [0.15, 0.2) is 53.1 Å². The van der Waals surface area contributed by atoms with Gasteiger partial charge < -0.3 is 9.26 Å². The Morgan fingerprint density at radius 2 is 1.81 bits per heavy atom. The van der Waals surface area contributed by atoms with E-state index in [1.54, 1.807) is 0 Å². The summed E-state index contributed by atoms with van der Waals surface area (Å²) in [6, 6.07) is 11.2. The van der Waals surface area contributed by atoms with Gasteiger partial charge in [-0.1, -0.05) is 29.4 Å². The van der Waals surface area contributed by atoms with Crippen LogP contribution < -0.4 is 0 Å². The van der Waals surface area contributed by atoms with E-state index >= 15 is 0 Å². The molecule has 3 aromatic rings. The van der Waals surface area contributed by atoms with Crippen LogP contribution in [0.25, 0.3) is 11.4 Å². The summed E-state index contributed by atoms with van der Waals surface area (Å²) in [6.45, 7) is 1.62. The van der Waals surface area contributed by atoms with Crippen LogP contribution in [0.1, 0.15) is 27.4 Å². The number of benzene rings is 2. The molecule has 26 heavy (non-hydrogen) atoms. The molecule has 0 aliphatic carbocycles. The number of alkyl halides is 3. The first-order valence-electron chi connectivity index (χ1n) is 7.57. The van der Waals surface area contributed by atoms with Crippen LogP contribution in [0.4, 0.5) is 13.2 Å². The van der Waals surface area contributed by atoms with Gasteiger partial charge in [0.25, 0.3) is 5.89 Å². The molecule has 3 rings (SSSR count). The predicted molar refractivity (Wildman–Crippen MR) is 85.0 cm³/mol. The lowest BCUT2D eigenvalue weighted by Crippen LogP contribution is -2.08. The average molecular weight is 362 g/mol. The fourth-order valence-corrected chi connectivity index (χ4v) is 2.25. The molecule has 5 nitrogen and oxygen atoms in total. The van der Waals surface area contributed by atoms with Crippen molar-refractivity contribution in [3.8, 4) is 11.4 Å². The minimum Gasteiger partial charge on any atom is -0.452 e. The standard InChI is InChI=1S/C18H13F3N2O3/c1-11-4-2-3-5-14(11)16-22-15(26-23-16)10-25-17(24)12-6-8-13(9-7-12)18(19,20)21/h2-9H,10H2,1H3. The van der Waals surface area contributed by atoms with Gasteiger partial charge in [-0.3, -0.25) is 0 Å². The highest BCUT2D eigenvalue weighted by molar-refractivity contribution is 5.89. The second-order valence-electron chi connectivity index (χ2n) is 5.48. The van der Waals surface area contributed by atoms with Crippen LogP contribution in [-0.2, 0) is 17.5 Å². The number of carbonyl (C=O) groups excluding carboxylic acids is 1. The van der Waals surface area contributed by atoms with Crippen LogP contribution in [0.3, 0.4) is 0 Å². The van der Waals surface area contributed by atoms with E-state index in [1.165, 1.54) is 0 Å². The first-order chi connectivity index (χ1) is 12.3. The summed E-state index contributed by atoms with van der Waals surface area (Å²) in [4.78, 5) is 16.1. The molecule has 2 aromatic carbocycles. The lowest BCUT2D eigenvalue weighted by Gasteiger charge is -2.07. The molecular formula is C18H13F3N2O3. The van der Waals surface area contributed by atoms with Crippen molar-refractivity contribution >= 4 is 5.97 Å². The molecule has 0 spiro atoms. The number of hydrogen-bond acceptors (Lipinski definition) is 5. The molecule has 0 saturated heterocycles. The number of ether oxygens (including phenoxy) is 1. The maximum Gasteiger partial charge on any atom is 0.416 e. The third kappa shape index (κ3) is 3.90. The number of hydrogen-bond donors (Lipinski definition) is 0. The normalized spacial score (nSPS) is 11.4. The van der Waals surface area contributed by atoms with Crippen LogP contribution in [0.5, 0.6) is 0 Å². The van der Waals surface area contributed by atoms with Gasteiger partial charge in [0.05, 0.1) is 11.1 Å². The highest BCUT2D eigenvalue weighted by Gasteiger charge is 2.30. The van der Waals surface area contributed by atoms with E-state index < -0.39 is 17.7 Å². The van der Waals surface area contributed by atoms with Crippen molar-refractivity contribution < 1.29 is 27.2 Å². The summed E-state index contributed by atoms with van der Waals surface area (Å²) in [5.74, 6) is -0.332. The van der Waals surface area contributed by atoms with Crippen LogP contribution in [-0.4, -0.2) is 16.1 Å². The smallest absolute Gasteiger partial charge is 0.416 e. The second kappa shape index (κ2) is 6.99. The summed E-state index contributed by atoms with van der Waals surface area (Å²) in [7, 11) is 0. The Bertz CT molecular complexity index is 918. The van der Waals surface area contributed by atoms with Crippen LogP contribution >= 0.6 is 0 Å². The Kier molecular flexibility index (Phi) is 4.75. The molecule has 1 heterocycles. The van der Waals surface area contributed by atoms with E-state index in [9.17, 15) is 18.0 Å². The number of esters is 1. The maximum atomic E-state index is 12.5. The summed E-state index contributed by atoms with van der Waals surface area (Å²) in [6.07, 6.45) is -4.46. The minimum absolute atomic E-state index is 0.00311. The first kappa shape index (κ1) is 17.7. The highest BCUT2D eigenvalue weighted by Crippen LogP contribution is 2.29. The first-order valence-corrected chi connectivity index (χ1v) is 7.57. The number of nitrogens with zero attached hydrogens (tertiary/aromatic N) is 2. The Morgan fingerprint density at radius 1 is 1.12 bits per heavy atom. The van der Waals surface area contributed by atoms with Gasteiger partial charge in [-0.15, -0.1) is 0 Å². The van der Waals surface area contributed by atoms with E-state index in [1.807, 2.05) is 31.2 Å². The van der Waals surface area contributed by atoms with Gasteiger partial charge in [-0.2, -0.15) is 18.2 Å². The molecule has 0 atom stereocenters. The van der Waals surface area contributed by atoms with Crippen molar-refractivity contribution in [2.75, 3.05) is 0 Å². The molecule has 134 valence electrons. The van der Waals surface area contributed by atoms with Gasteiger partial charge in [-0.05, 0) is 36.8 Å². The zero-order chi connectivity index (χ0) is 18.7. The molecule has 0 aliphatic rings. The summed E-state index contributed by atoms with van der Waals surface area (Å²) >= 11 is 0. The number of halogens is 3. The van der Waals surface area contributed by atoms with E-state index in [-0.39, 0.29) is 18.1 Å². The van der Waals surface area contributed by atoms with Crippen molar-refractivity contribution in [3.63, 3.8) is 0 Å². The Balaban J connectivity index is 1.64. The minimum atomic E-state index is -4.46. The monoisotopic (exact) mass is 362 g/mol. The quantitative estimate of drug-likeness (QED) is 0.643. The molecule has 0 unspecified atom stereocenters. The Hall–Kier alpha value is -3.16. The second-order valence-corrected chi connectivity index (χ2v) is 5.48. The van der Waals surface area contributed by atoms with Crippen molar-refractivity contribution in [2.24, 2.45) is 0 Å². The topological polar surface area (TPSA) is 65.2 Å². The van der Waals surface area contributed by atoms with Crippen molar-refractivity contribution in [3.05, 3.63) is 71.1 Å². The van der Waals surface area contributed by atoms with Gasteiger partial charge in [0, 0.05) is 5.56 Å². The van der Waals surface area contributed by atoms with Gasteiger partial charge in [0.1, 0.15) is 0 Å². The number of aromatic nitrogens is 2. The Morgan fingerprint density at radius 3 is 2.46 bits per heavy atom. The van der Waals surface area contributed by atoms with Gasteiger partial charge in [-0.25, -0.2) is 4.79 Å². The fourth-order valence-electron chi connectivity index (χ4n) is 2.25. The molecule has 0 N–H and O–H groups in total. The number of rotatable bonds is 4. The van der Waals surface area contributed by atoms with E-state index in [2.05, 4.69) is 10.1 Å². The van der Waals surface area contributed by atoms with Crippen molar-refractivity contribution in [1.29, 1.82) is 0 Å². The van der Waals surface area contributed by atoms with Gasteiger partial charge >= 0.3 is 12.1 Å². The van der Waals surface area contributed by atoms with Crippen molar-refractivity contribution in [2.45, 2.75) is 19.7 Å². The average Bonchev–Trinajstić information content (AvgIpc) is 3.08. The SMILES string of the molecule is Cc1ccccc1-c1noc(COC(=O)c2ccc(C(F)(F)F)cc2)n1. The molecule has 8 heteroatoms. The molecule has 0 radical (unpaired) electrons. The summed E-state index contributed by atoms with van der Waals surface area (Å²) < 4.78 is 47.6. The maximum absolute atomic E-state index is 12.5. The number of aryl methyl sites for hydroxylation is 1.